The Kier molecular flexibility index (Phi) is 5.42. The van der Waals surface area contributed by atoms with Gasteiger partial charge in [-0.1, -0.05) is 6.92 Å². The van der Waals surface area contributed by atoms with Crippen LogP contribution in [0.3, 0.4) is 0 Å². The van der Waals surface area contributed by atoms with Gasteiger partial charge in [0.2, 0.25) is 0 Å². The lowest BCUT2D eigenvalue weighted by Crippen LogP contribution is -2.11. The lowest BCUT2D eigenvalue weighted by Gasteiger charge is -2.11. The van der Waals surface area contributed by atoms with Crippen LogP contribution in [0.4, 0.5) is 26.3 Å². The summed E-state index contributed by atoms with van der Waals surface area (Å²) in [6.07, 6.45) is -7.50. The Labute approximate surface area is 187 Å². The second-order valence-electron chi connectivity index (χ2n) is 7.11. The Bertz CT molecular complexity index is 1500. The van der Waals surface area contributed by atoms with Gasteiger partial charge >= 0.3 is 12.4 Å². The zero-order valence-corrected chi connectivity index (χ0v) is 18.2. The number of hydrogen-bond acceptors (Lipinski definition) is 6. The maximum Gasteiger partial charge on any atom is 0.435 e. The summed E-state index contributed by atoms with van der Waals surface area (Å²) in [4.78, 5) is 11.4. The molecule has 0 bridgehead atoms. The number of aromatic nitrogens is 6. The summed E-state index contributed by atoms with van der Waals surface area (Å²) in [5.41, 5.74) is -2.59. The largest absolute Gasteiger partial charge is 0.435 e. The maximum absolute atomic E-state index is 13.1. The number of hydrogen-bond donors (Lipinski definition) is 0. The molecule has 4 aromatic heterocycles. The SMILES string of the molecule is CCS(=O)(=O)c1ccc(-n2ccc(C(F)(F)F)n2)nc1-c1nc2cc(C(F)(F)F)ncc2n1C. The summed E-state index contributed by atoms with van der Waals surface area (Å²) in [6, 6.07) is 3.74. The molecule has 0 saturated heterocycles. The summed E-state index contributed by atoms with van der Waals surface area (Å²) < 4.78 is 105. The summed E-state index contributed by atoms with van der Waals surface area (Å²) in [5.74, 6) is -0.597. The Hall–Kier alpha value is -3.49. The molecule has 0 fully saturated rings. The molecular weight excluding hydrogens is 490 g/mol. The molecule has 4 heterocycles. The second-order valence-corrected chi connectivity index (χ2v) is 9.36. The van der Waals surface area contributed by atoms with Crippen LogP contribution < -0.4 is 0 Å². The third-order valence-electron chi connectivity index (χ3n) is 4.94. The summed E-state index contributed by atoms with van der Waals surface area (Å²) in [5, 5.41) is 3.42. The van der Waals surface area contributed by atoms with Crippen molar-refractivity contribution < 1.29 is 34.8 Å². The zero-order valence-electron chi connectivity index (χ0n) is 17.3. The molecule has 8 nitrogen and oxygen atoms in total. The second kappa shape index (κ2) is 7.78. The van der Waals surface area contributed by atoms with Gasteiger partial charge in [-0.2, -0.15) is 31.4 Å². The minimum Gasteiger partial charge on any atom is -0.324 e. The van der Waals surface area contributed by atoms with Gasteiger partial charge in [-0.3, -0.25) is 0 Å². The number of pyridine rings is 2. The molecule has 0 radical (unpaired) electrons. The van der Waals surface area contributed by atoms with Crippen LogP contribution in [0.15, 0.2) is 41.6 Å². The summed E-state index contributed by atoms with van der Waals surface area (Å²) >= 11 is 0. The Morgan fingerprint density at radius 2 is 1.65 bits per heavy atom. The monoisotopic (exact) mass is 504 g/mol. The Morgan fingerprint density at radius 3 is 2.24 bits per heavy atom. The predicted molar refractivity (Wildman–Crippen MR) is 107 cm³/mol. The number of halogens is 6. The fraction of sp³-hybridized carbons (Fsp3) is 0.263. The van der Waals surface area contributed by atoms with E-state index in [4.69, 9.17) is 0 Å². The fourth-order valence-electron chi connectivity index (χ4n) is 3.19. The Balaban J connectivity index is 1.95. The van der Waals surface area contributed by atoms with E-state index in [1.807, 2.05) is 0 Å². The quantitative estimate of drug-likeness (QED) is 0.389. The molecule has 0 atom stereocenters. The van der Waals surface area contributed by atoms with Gasteiger partial charge in [-0.15, -0.1) is 0 Å². The summed E-state index contributed by atoms with van der Waals surface area (Å²) in [7, 11) is -2.48. The molecule has 180 valence electrons. The van der Waals surface area contributed by atoms with E-state index in [1.165, 1.54) is 24.6 Å². The molecular formula is C19H14F6N6O2S. The molecule has 0 aliphatic rings. The molecule has 0 N–H and O–H groups in total. The average Bonchev–Trinajstić information content (AvgIpc) is 3.38. The van der Waals surface area contributed by atoms with Crippen molar-refractivity contribution in [3.05, 3.63) is 48.0 Å². The zero-order chi connectivity index (χ0) is 25.1. The fourth-order valence-corrected chi connectivity index (χ4v) is 4.21. The van der Waals surface area contributed by atoms with E-state index < -0.39 is 33.6 Å². The first-order valence-electron chi connectivity index (χ1n) is 9.49. The normalized spacial score (nSPS) is 13.1. The highest BCUT2D eigenvalue weighted by atomic mass is 32.2. The van der Waals surface area contributed by atoms with Crippen molar-refractivity contribution >= 4 is 20.9 Å². The number of aryl methyl sites for hydroxylation is 1. The van der Waals surface area contributed by atoms with Gasteiger partial charge in [0.1, 0.15) is 11.4 Å². The van der Waals surface area contributed by atoms with Crippen LogP contribution in [0.1, 0.15) is 18.3 Å². The molecule has 0 aliphatic heterocycles. The summed E-state index contributed by atoms with van der Waals surface area (Å²) in [6.45, 7) is 1.38. The van der Waals surface area contributed by atoms with Crippen molar-refractivity contribution in [3.63, 3.8) is 0 Å². The van der Waals surface area contributed by atoms with E-state index in [2.05, 4.69) is 20.1 Å². The van der Waals surface area contributed by atoms with Gasteiger partial charge < -0.3 is 4.57 Å². The first-order valence-corrected chi connectivity index (χ1v) is 11.1. The van der Waals surface area contributed by atoms with Crippen LogP contribution in [0, 0.1) is 0 Å². The topological polar surface area (TPSA) is 95.6 Å². The van der Waals surface area contributed by atoms with Crippen molar-refractivity contribution in [1.82, 2.24) is 29.3 Å². The number of nitrogens with zero attached hydrogens (tertiary/aromatic N) is 6. The van der Waals surface area contributed by atoms with Gasteiger partial charge in [-0.25, -0.2) is 28.1 Å². The van der Waals surface area contributed by atoms with E-state index in [1.54, 1.807) is 0 Å². The lowest BCUT2D eigenvalue weighted by molar-refractivity contribution is -0.142. The van der Waals surface area contributed by atoms with Crippen molar-refractivity contribution in [1.29, 1.82) is 0 Å². The van der Waals surface area contributed by atoms with Crippen molar-refractivity contribution in [3.8, 4) is 17.3 Å². The molecule has 0 aromatic carbocycles. The average molecular weight is 504 g/mol. The van der Waals surface area contributed by atoms with Crippen LogP contribution >= 0.6 is 0 Å². The number of rotatable bonds is 4. The lowest BCUT2D eigenvalue weighted by atomic mass is 10.3. The Morgan fingerprint density at radius 1 is 0.971 bits per heavy atom. The highest BCUT2D eigenvalue weighted by Crippen LogP contribution is 2.33. The van der Waals surface area contributed by atoms with Crippen LogP contribution in [0.25, 0.3) is 28.4 Å². The number of imidazole rings is 1. The van der Waals surface area contributed by atoms with Gasteiger partial charge in [0, 0.05) is 13.2 Å². The van der Waals surface area contributed by atoms with Crippen molar-refractivity contribution in [2.45, 2.75) is 24.2 Å². The first-order chi connectivity index (χ1) is 15.7. The highest BCUT2D eigenvalue weighted by molar-refractivity contribution is 7.91. The third-order valence-corrected chi connectivity index (χ3v) is 6.70. The smallest absolute Gasteiger partial charge is 0.324 e. The molecule has 0 aliphatic carbocycles. The van der Waals surface area contributed by atoms with Gasteiger partial charge in [-0.05, 0) is 24.3 Å². The highest BCUT2D eigenvalue weighted by Gasteiger charge is 2.35. The van der Waals surface area contributed by atoms with E-state index in [-0.39, 0.29) is 39.0 Å². The van der Waals surface area contributed by atoms with Crippen molar-refractivity contribution in [2.75, 3.05) is 5.75 Å². The standard InChI is InChI=1S/C19H14F6N6O2S/c1-3-34(32,33)12-4-5-15(31-7-6-13(29-31)18(20,21)22)28-16(12)17-27-10-8-14(19(23,24)25)26-9-11(10)30(17)2/h4-9H,3H2,1-2H3. The van der Waals surface area contributed by atoms with Gasteiger partial charge in [0.05, 0.1) is 27.9 Å². The molecule has 0 unspecified atom stereocenters. The number of alkyl halides is 6. The molecule has 15 heteroatoms. The van der Waals surface area contributed by atoms with E-state index >= 15 is 0 Å². The molecule has 34 heavy (non-hydrogen) atoms. The van der Waals surface area contributed by atoms with Crippen LogP contribution in [0.5, 0.6) is 0 Å². The minimum absolute atomic E-state index is 0.117. The minimum atomic E-state index is -4.73. The van der Waals surface area contributed by atoms with Gasteiger partial charge in [0.15, 0.2) is 27.2 Å². The van der Waals surface area contributed by atoms with E-state index in [0.717, 1.165) is 29.2 Å². The first kappa shape index (κ1) is 23.7. The van der Waals surface area contributed by atoms with Crippen LogP contribution in [-0.4, -0.2) is 43.5 Å². The molecule has 0 spiro atoms. The number of fused-ring (bicyclic) bond motifs is 1. The third kappa shape index (κ3) is 4.10. The van der Waals surface area contributed by atoms with E-state index in [0.29, 0.717) is 6.07 Å². The predicted octanol–water partition coefficient (Wildman–Crippen LogP) is 4.05. The molecule has 4 rings (SSSR count). The van der Waals surface area contributed by atoms with Crippen LogP contribution in [0.2, 0.25) is 0 Å². The van der Waals surface area contributed by atoms with Crippen LogP contribution in [-0.2, 0) is 29.2 Å². The van der Waals surface area contributed by atoms with E-state index in [9.17, 15) is 34.8 Å². The number of sulfone groups is 1. The molecule has 0 amide bonds. The van der Waals surface area contributed by atoms with Gasteiger partial charge in [0.25, 0.3) is 0 Å². The molecule has 4 aromatic rings. The maximum atomic E-state index is 13.1. The van der Waals surface area contributed by atoms with Crippen molar-refractivity contribution in [2.24, 2.45) is 7.05 Å². The molecule has 0 saturated carbocycles.